The summed E-state index contributed by atoms with van der Waals surface area (Å²) >= 11 is 0. The predicted molar refractivity (Wildman–Crippen MR) is 93.9 cm³/mol. The fourth-order valence-corrected chi connectivity index (χ4v) is 2.52. The fraction of sp³-hybridized carbons (Fsp3) is 0.0500. The Morgan fingerprint density at radius 2 is 1.46 bits per heavy atom. The molecular formula is C20H15N2O4+. The Labute approximate surface area is 149 Å². The summed E-state index contributed by atoms with van der Waals surface area (Å²) in [5, 5.41) is 10.8. The second-order valence-electron chi connectivity index (χ2n) is 5.68. The number of ketones is 2. The predicted octanol–water partition coefficient (Wildman–Crippen LogP) is 3.00. The number of hydrogen-bond donors (Lipinski definition) is 0. The third kappa shape index (κ3) is 3.87. The lowest BCUT2D eigenvalue weighted by atomic mass is 10.0. The standard InChI is InChI=1S/C20H15N2O4/c23-19(17-7-4-8-18(13-17)22(25)26)14-21-11-9-16(10-12-21)20(24)15-5-2-1-3-6-15/h1-13H,14H2/q+1. The van der Waals surface area contributed by atoms with Crippen LogP contribution in [0.4, 0.5) is 5.69 Å². The SMILES string of the molecule is O=C(C[n+]1ccc(C(=O)c2ccccc2)cc1)c1cccc([N+](=O)[O-])c1. The number of carbonyl (C=O) groups excluding carboxylic acids is 2. The minimum Gasteiger partial charge on any atom is -0.289 e. The molecule has 0 aliphatic rings. The quantitative estimate of drug-likeness (QED) is 0.297. The van der Waals surface area contributed by atoms with Crippen molar-refractivity contribution in [3.05, 3.63) is 106 Å². The van der Waals surface area contributed by atoms with Crippen LogP contribution in [0.25, 0.3) is 0 Å². The number of non-ortho nitro benzene ring substituents is 1. The van der Waals surface area contributed by atoms with Crippen molar-refractivity contribution in [2.24, 2.45) is 0 Å². The van der Waals surface area contributed by atoms with Gasteiger partial charge in [0.25, 0.3) is 5.69 Å². The van der Waals surface area contributed by atoms with E-state index in [2.05, 4.69) is 0 Å². The Balaban J connectivity index is 1.73. The van der Waals surface area contributed by atoms with E-state index in [4.69, 9.17) is 0 Å². The average Bonchev–Trinajstić information content (AvgIpc) is 2.68. The molecule has 6 nitrogen and oxygen atoms in total. The molecule has 0 spiro atoms. The Hall–Kier alpha value is -3.67. The van der Waals surface area contributed by atoms with E-state index >= 15 is 0 Å². The van der Waals surface area contributed by atoms with Gasteiger partial charge in [-0.05, 0) is 0 Å². The maximum Gasteiger partial charge on any atom is 0.270 e. The van der Waals surface area contributed by atoms with Gasteiger partial charge in [-0.3, -0.25) is 19.7 Å². The number of nitro groups is 1. The molecule has 128 valence electrons. The lowest BCUT2D eigenvalue weighted by Crippen LogP contribution is -2.37. The molecule has 0 N–H and O–H groups in total. The molecule has 0 saturated heterocycles. The summed E-state index contributed by atoms with van der Waals surface area (Å²) in [6, 6.07) is 17.9. The van der Waals surface area contributed by atoms with Crippen LogP contribution >= 0.6 is 0 Å². The summed E-state index contributed by atoms with van der Waals surface area (Å²) in [5.74, 6) is -0.344. The van der Waals surface area contributed by atoms with Gasteiger partial charge in [-0.2, -0.15) is 4.57 Å². The number of nitrogens with zero attached hydrogens (tertiary/aromatic N) is 2. The Morgan fingerprint density at radius 3 is 2.12 bits per heavy atom. The highest BCUT2D eigenvalue weighted by Crippen LogP contribution is 2.13. The van der Waals surface area contributed by atoms with Crippen molar-refractivity contribution in [2.75, 3.05) is 0 Å². The van der Waals surface area contributed by atoms with Crippen molar-refractivity contribution >= 4 is 17.3 Å². The molecule has 1 heterocycles. The summed E-state index contributed by atoms with van der Waals surface area (Å²) in [6.45, 7) is 0.0287. The van der Waals surface area contributed by atoms with Gasteiger partial charge in [0.05, 0.1) is 4.92 Å². The minimum absolute atomic E-state index is 0.0287. The molecule has 0 bridgehead atoms. The van der Waals surface area contributed by atoms with Crippen molar-refractivity contribution in [1.82, 2.24) is 0 Å². The van der Waals surface area contributed by atoms with Crippen LogP contribution in [-0.2, 0) is 6.54 Å². The fourth-order valence-electron chi connectivity index (χ4n) is 2.52. The number of Topliss-reactive ketones (excluding diaryl/α,β-unsaturated/α-hetero) is 1. The third-order valence-electron chi connectivity index (χ3n) is 3.89. The van der Waals surface area contributed by atoms with Gasteiger partial charge in [-0.15, -0.1) is 0 Å². The molecule has 2 aromatic carbocycles. The van der Waals surface area contributed by atoms with Crippen LogP contribution in [0.5, 0.6) is 0 Å². The monoisotopic (exact) mass is 347 g/mol. The van der Waals surface area contributed by atoms with Crippen LogP contribution in [0, 0.1) is 10.1 Å². The molecule has 0 amide bonds. The van der Waals surface area contributed by atoms with Gasteiger partial charge in [-0.1, -0.05) is 42.5 Å². The van der Waals surface area contributed by atoms with E-state index in [9.17, 15) is 19.7 Å². The van der Waals surface area contributed by atoms with Gasteiger partial charge in [0.15, 0.2) is 18.2 Å². The topological polar surface area (TPSA) is 81.2 Å². The number of aromatic nitrogens is 1. The number of benzene rings is 2. The van der Waals surface area contributed by atoms with Crippen LogP contribution in [0.1, 0.15) is 26.3 Å². The highest BCUT2D eigenvalue weighted by atomic mass is 16.6. The van der Waals surface area contributed by atoms with Gasteiger partial charge in [0.2, 0.25) is 12.3 Å². The Kier molecular flexibility index (Phi) is 4.94. The first-order valence-corrected chi connectivity index (χ1v) is 7.91. The normalized spacial score (nSPS) is 10.3. The van der Waals surface area contributed by atoms with Crippen molar-refractivity contribution in [1.29, 1.82) is 0 Å². The molecule has 0 unspecified atom stereocenters. The molecule has 26 heavy (non-hydrogen) atoms. The van der Waals surface area contributed by atoms with Crippen LogP contribution in [0.15, 0.2) is 79.1 Å². The summed E-state index contributed by atoms with van der Waals surface area (Å²) in [5.41, 5.74) is 1.27. The maximum atomic E-state index is 12.4. The van der Waals surface area contributed by atoms with Crippen LogP contribution in [0.2, 0.25) is 0 Å². The molecule has 3 rings (SSSR count). The van der Waals surface area contributed by atoms with Crippen LogP contribution in [-0.4, -0.2) is 16.5 Å². The number of rotatable bonds is 6. The van der Waals surface area contributed by atoms with Gasteiger partial charge < -0.3 is 0 Å². The maximum absolute atomic E-state index is 12.4. The van der Waals surface area contributed by atoms with Crippen molar-refractivity contribution in [2.45, 2.75) is 6.54 Å². The second kappa shape index (κ2) is 7.48. The van der Waals surface area contributed by atoms with E-state index in [1.807, 2.05) is 6.07 Å². The highest BCUT2D eigenvalue weighted by Gasteiger charge is 2.16. The first-order chi connectivity index (χ1) is 12.5. The molecule has 0 fully saturated rings. The molecule has 6 heteroatoms. The Morgan fingerprint density at radius 1 is 0.846 bits per heavy atom. The first-order valence-electron chi connectivity index (χ1n) is 7.91. The van der Waals surface area contributed by atoms with Crippen LogP contribution in [0.3, 0.4) is 0 Å². The van der Waals surface area contributed by atoms with Crippen molar-refractivity contribution in [3.8, 4) is 0 Å². The molecule has 0 atom stereocenters. The van der Waals surface area contributed by atoms with Gasteiger partial charge in [0.1, 0.15) is 0 Å². The lowest BCUT2D eigenvalue weighted by molar-refractivity contribution is -0.683. The van der Waals surface area contributed by atoms with Gasteiger partial charge in [-0.25, -0.2) is 0 Å². The Bertz CT molecular complexity index is 967. The van der Waals surface area contributed by atoms with Crippen molar-refractivity contribution < 1.29 is 19.1 Å². The van der Waals surface area contributed by atoms with Gasteiger partial charge in [0, 0.05) is 41.0 Å². The summed E-state index contributed by atoms with van der Waals surface area (Å²) in [7, 11) is 0. The largest absolute Gasteiger partial charge is 0.289 e. The zero-order chi connectivity index (χ0) is 18.5. The molecular weight excluding hydrogens is 332 g/mol. The highest BCUT2D eigenvalue weighted by molar-refractivity contribution is 6.08. The van der Waals surface area contributed by atoms with E-state index < -0.39 is 4.92 Å². The van der Waals surface area contributed by atoms with Crippen LogP contribution < -0.4 is 4.57 Å². The van der Waals surface area contributed by atoms with Crippen molar-refractivity contribution in [3.63, 3.8) is 0 Å². The third-order valence-corrected chi connectivity index (χ3v) is 3.89. The molecule has 0 saturated carbocycles. The summed E-state index contributed by atoms with van der Waals surface area (Å²) in [6.07, 6.45) is 3.29. The van der Waals surface area contributed by atoms with E-state index in [1.54, 1.807) is 59.4 Å². The minimum atomic E-state index is -0.534. The van der Waals surface area contributed by atoms with E-state index in [0.717, 1.165) is 0 Å². The number of nitro benzene ring substituents is 1. The van der Waals surface area contributed by atoms with E-state index in [0.29, 0.717) is 11.1 Å². The number of carbonyl (C=O) groups is 2. The van der Waals surface area contributed by atoms with E-state index in [1.165, 1.54) is 18.2 Å². The van der Waals surface area contributed by atoms with Gasteiger partial charge >= 0.3 is 0 Å². The number of hydrogen-bond acceptors (Lipinski definition) is 4. The zero-order valence-electron chi connectivity index (χ0n) is 13.7. The lowest BCUT2D eigenvalue weighted by Gasteiger charge is -2.01. The molecule has 0 aliphatic heterocycles. The zero-order valence-corrected chi connectivity index (χ0v) is 13.7. The van der Waals surface area contributed by atoms with E-state index in [-0.39, 0.29) is 29.4 Å². The smallest absolute Gasteiger partial charge is 0.270 e. The summed E-state index contributed by atoms with van der Waals surface area (Å²) in [4.78, 5) is 35.0. The average molecular weight is 347 g/mol. The molecule has 0 aliphatic carbocycles. The summed E-state index contributed by atoms with van der Waals surface area (Å²) < 4.78 is 1.63. The molecule has 3 aromatic rings. The number of pyridine rings is 1. The first kappa shape index (κ1) is 17.2. The molecule has 0 radical (unpaired) electrons. The molecule has 1 aromatic heterocycles. The second-order valence-corrected chi connectivity index (χ2v) is 5.68.